The lowest BCUT2D eigenvalue weighted by atomic mass is 9.98. The first-order valence-electron chi connectivity index (χ1n) is 10.1. The van der Waals surface area contributed by atoms with Crippen LogP contribution in [0.4, 0.5) is 11.4 Å². The van der Waals surface area contributed by atoms with Crippen molar-refractivity contribution in [2.45, 2.75) is 19.8 Å². The Kier molecular flexibility index (Phi) is 6.03. The second-order valence-electron chi connectivity index (χ2n) is 7.79. The van der Waals surface area contributed by atoms with Crippen molar-refractivity contribution in [2.24, 2.45) is 5.92 Å². The van der Waals surface area contributed by atoms with E-state index >= 15 is 0 Å². The van der Waals surface area contributed by atoms with Gasteiger partial charge in [-0.3, -0.25) is 14.4 Å². The van der Waals surface area contributed by atoms with Crippen LogP contribution in [0.1, 0.15) is 30.1 Å². The molecule has 2 aliphatic heterocycles. The molecule has 1 fully saturated rings. The van der Waals surface area contributed by atoms with Crippen molar-refractivity contribution in [3.63, 3.8) is 0 Å². The van der Waals surface area contributed by atoms with E-state index in [1.165, 1.54) is 6.07 Å². The van der Waals surface area contributed by atoms with Crippen LogP contribution in [0.2, 0.25) is 5.02 Å². The topological polar surface area (TPSA) is 69.7 Å². The van der Waals surface area contributed by atoms with Crippen molar-refractivity contribution in [3.05, 3.63) is 69.8 Å². The molecule has 2 heterocycles. The lowest BCUT2D eigenvalue weighted by molar-refractivity contribution is -0.120. The number of nitrogens with zero attached hydrogens (tertiary/aromatic N) is 2. The van der Waals surface area contributed by atoms with Gasteiger partial charge in [0.05, 0.1) is 5.69 Å². The minimum atomic E-state index is -0.623. The van der Waals surface area contributed by atoms with Crippen molar-refractivity contribution in [1.82, 2.24) is 4.90 Å². The van der Waals surface area contributed by atoms with Crippen LogP contribution in [0, 0.1) is 5.92 Å². The number of halogens is 2. The number of anilines is 2. The summed E-state index contributed by atoms with van der Waals surface area (Å²) in [5.74, 6) is -0.552. The summed E-state index contributed by atoms with van der Waals surface area (Å²) in [4.78, 5) is 40.9. The standard InChI is InChI=1S/C23H21Cl2N3O3/c1-14-9-11-27(12-10-14)21(29)15-5-7-17(8-6-15)26-20-19(25)22(30)28(23(20)31)18-4-2-3-16(24)13-18/h2-8,13-14,26H,9-12H2,1H3. The summed E-state index contributed by atoms with van der Waals surface area (Å²) in [5, 5.41) is 3.11. The largest absolute Gasteiger partial charge is 0.350 e. The minimum absolute atomic E-state index is 0.00468. The van der Waals surface area contributed by atoms with Gasteiger partial charge in [0.25, 0.3) is 17.7 Å². The van der Waals surface area contributed by atoms with E-state index < -0.39 is 11.8 Å². The summed E-state index contributed by atoms with van der Waals surface area (Å²) in [5.41, 5.74) is 1.45. The Hall–Kier alpha value is -2.83. The van der Waals surface area contributed by atoms with Crippen molar-refractivity contribution < 1.29 is 14.4 Å². The van der Waals surface area contributed by atoms with Crippen LogP contribution in [-0.2, 0) is 9.59 Å². The molecule has 8 heteroatoms. The molecule has 4 rings (SSSR count). The second-order valence-corrected chi connectivity index (χ2v) is 8.61. The van der Waals surface area contributed by atoms with Crippen LogP contribution < -0.4 is 10.2 Å². The first-order chi connectivity index (χ1) is 14.8. The van der Waals surface area contributed by atoms with Crippen molar-refractivity contribution >= 4 is 52.3 Å². The maximum absolute atomic E-state index is 12.8. The third-order valence-electron chi connectivity index (χ3n) is 5.57. The fourth-order valence-electron chi connectivity index (χ4n) is 3.70. The molecule has 31 heavy (non-hydrogen) atoms. The van der Waals surface area contributed by atoms with E-state index in [4.69, 9.17) is 23.2 Å². The van der Waals surface area contributed by atoms with Gasteiger partial charge in [-0.2, -0.15) is 0 Å². The highest BCUT2D eigenvalue weighted by molar-refractivity contribution is 6.53. The number of rotatable bonds is 4. The van der Waals surface area contributed by atoms with Gasteiger partial charge in [0.15, 0.2) is 0 Å². The predicted octanol–water partition coefficient (Wildman–Crippen LogP) is 4.65. The highest BCUT2D eigenvalue weighted by Crippen LogP contribution is 2.31. The lowest BCUT2D eigenvalue weighted by Crippen LogP contribution is -2.37. The van der Waals surface area contributed by atoms with Gasteiger partial charge in [0.2, 0.25) is 0 Å². The molecule has 1 N–H and O–H groups in total. The maximum Gasteiger partial charge on any atom is 0.283 e. The Labute approximate surface area is 190 Å². The number of benzene rings is 2. The normalized spacial score (nSPS) is 17.5. The number of nitrogens with one attached hydrogen (secondary N) is 1. The molecular weight excluding hydrogens is 437 g/mol. The second kappa shape index (κ2) is 8.73. The minimum Gasteiger partial charge on any atom is -0.350 e. The number of hydrogen-bond acceptors (Lipinski definition) is 4. The van der Waals surface area contributed by atoms with Crippen LogP contribution in [0.5, 0.6) is 0 Å². The van der Waals surface area contributed by atoms with Gasteiger partial charge in [0, 0.05) is 29.4 Å². The smallest absolute Gasteiger partial charge is 0.283 e. The Morgan fingerprint density at radius 1 is 1.00 bits per heavy atom. The fraction of sp³-hybridized carbons (Fsp3) is 0.261. The number of piperidine rings is 1. The first-order valence-corrected chi connectivity index (χ1v) is 10.8. The highest BCUT2D eigenvalue weighted by Gasteiger charge is 2.39. The van der Waals surface area contributed by atoms with E-state index in [9.17, 15) is 14.4 Å². The summed E-state index contributed by atoms with van der Waals surface area (Å²) in [6, 6.07) is 13.2. The molecule has 0 unspecified atom stereocenters. The first kappa shape index (κ1) is 21.4. The summed E-state index contributed by atoms with van der Waals surface area (Å²) in [6.07, 6.45) is 2.02. The third kappa shape index (κ3) is 4.31. The molecule has 2 aromatic carbocycles. The molecular formula is C23H21Cl2N3O3. The maximum atomic E-state index is 12.8. The molecule has 2 aliphatic rings. The highest BCUT2D eigenvalue weighted by atomic mass is 35.5. The SMILES string of the molecule is CC1CCN(C(=O)c2ccc(NC3=C(Cl)C(=O)N(c4cccc(Cl)c4)C3=O)cc2)CC1. The van der Waals surface area contributed by atoms with Gasteiger partial charge in [-0.05, 0) is 61.2 Å². The average molecular weight is 458 g/mol. The predicted molar refractivity (Wildman–Crippen MR) is 121 cm³/mol. The van der Waals surface area contributed by atoms with E-state index in [0.29, 0.717) is 27.9 Å². The monoisotopic (exact) mass is 457 g/mol. The zero-order valence-corrected chi connectivity index (χ0v) is 18.4. The van der Waals surface area contributed by atoms with Crippen LogP contribution in [-0.4, -0.2) is 35.7 Å². The molecule has 6 nitrogen and oxygen atoms in total. The molecule has 0 saturated carbocycles. The summed E-state index contributed by atoms with van der Waals surface area (Å²) in [7, 11) is 0. The zero-order chi connectivity index (χ0) is 22.1. The van der Waals surface area contributed by atoms with E-state index in [0.717, 1.165) is 30.8 Å². The van der Waals surface area contributed by atoms with Crippen LogP contribution in [0.25, 0.3) is 0 Å². The van der Waals surface area contributed by atoms with Gasteiger partial charge >= 0.3 is 0 Å². The van der Waals surface area contributed by atoms with E-state index in [1.807, 2.05) is 4.90 Å². The molecule has 0 aromatic heterocycles. The van der Waals surface area contributed by atoms with E-state index in [2.05, 4.69) is 12.2 Å². The Morgan fingerprint density at radius 3 is 2.32 bits per heavy atom. The molecule has 0 bridgehead atoms. The summed E-state index contributed by atoms with van der Waals surface area (Å²) >= 11 is 12.1. The molecule has 2 aromatic rings. The van der Waals surface area contributed by atoms with Crippen molar-refractivity contribution in [3.8, 4) is 0 Å². The van der Waals surface area contributed by atoms with Gasteiger partial charge in [0.1, 0.15) is 10.7 Å². The molecule has 3 amide bonds. The van der Waals surface area contributed by atoms with Gasteiger partial charge < -0.3 is 10.2 Å². The number of carbonyl (C=O) groups excluding carboxylic acids is 3. The lowest BCUT2D eigenvalue weighted by Gasteiger charge is -2.30. The van der Waals surface area contributed by atoms with Crippen molar-refractivity contribution in [2.75, 3.05) is 23.3 Å². The molecule has 0 atom stereocenters. The molecule has 0 aliphatic carbocycles. The number of amides is 3. The fourth-order valence-corrected chi connectivity index (χ4v) is 4.09. The number of hydrogen-bond donors (Lipinski definition) is 1. The zero-order valence-electron chi connectivity index (χ0n) is 16.9. The van der Waals surface area contributed by atoms with Crippen molar-refractivity contribution in [1.29, 1.82) is 0 Å². The number of carbonyl (C=O) groups is 3. The summed E-state index contributed by atoms with van der Waals surface area (Å²) < 4.78 is 0. The third-order valence-corrected chi connectivity index (χ3v) is 6.15. The Bertz CT molecular complexity index is 1070. The molecule has 0 radical (unpaired) electrons. The Morgan fingerprint density at radius 2 is 1.68 bits per heavy atom. The molecule has 1 saturated heterocycles. The molecule has 0 spiro atoms. The Balaban J connectivity index is 1.48. The average Bonchev–Trinajstić information content (AvgIpc) is 2.97. The van der Waals surface area contributed by atoms with E-state index in [1.54, 1.807) is 42.5 Å². The van der Waals surface area contributed by atoms with Crippen LogP contribution in [0.3, 0.4) is 0 Å². The van der Waals surface area contributed by atoms with Crippen LogP contribution >= 0.6 is 23.2 Å². The number of imide groups is 1. The molecule has 160 valence electrons. The van der Waals surface area contributed by atoms with Gasteiger partial charge in [-0.25, -0.2) is 4.90 Å². The van der Waals surface area contributed by atoms with Gasteiger partial charge in [-0.15, -0.1) is 0 Å². The van der Waals surface area contributed by atoms with Gasteiger partial charge in [-0.1, -0.05) is 36.2 Å². The summed E-state index contributed by atoms with van der Waals surface area (Å²) in [6.45, 7) is 3.72. The number of likely N-dealkylation sites (tertiary alicyclic amines) is 1. The quantitative estimate of drug-likeness (QED) is 0.678. The van der Waals surface area contributed by atoms with E-state index in [-0.39, 0.29) is 16.6 Å². The van der Waals surface area contributed by atoms with Crippen LogP contribution in [0.15, 0.2) is 59.3 Å².